The van der Waals surface area contributed by atoms with E-state index in [1.807, 2.05) is 13.0 Å². The lowest BCUT2D eigenvalue weighted by Gasteiger charge is -2.27. The van der Waals surface area contributed by atoms with Gasteiger partial charge in [0.25, 0.3) is 0 Å². The van der Waals surface area contributed by atoms with Crippen molar-refractivity contribution < 1.29 is 9.47 Å². The summed E-state index contributed by atoms with van der Waals surface area (Å²) in [4.78, 5) is 0. The second-order valence-electron chi connectivity index (χ2n) is 5.35. The average molecular weight is 327 g/mol. The van der Waals surface area contributed by atoms with E-state index in [1.54, 1.807) is 0 Å². The third-order valence-electron chi connectivity index (χ3n) is 3.72. The van der Waals surface area contributed by atoms with Crippen LogP contribution < -0.4 is 9.47 Å². The molecule has 19 heavy (non-hydrogen) atoms. The number of rotatable bonds is 5. The fourth-order valence-corrected chi connectivity index (χ4v) is 2.88. The summed E-state index contributed by atoms with van der Waals surface area (Å²) in [5.74, 6) is 2.62. The first-order chi connectivity index (χ1) is 9.22. The van der Waals surface area contributed by atoms with Gasteiger partial charge in [-0.2, -0.15) is 0 Å². The molecule has 0 atom stereocenters. The summed E-state index contributed by atoms with van der Waals surface area (Å²) in [7, 11) is 0. The van der Waals surface area contributed by atoms with Crippen LogP contribution in [0.2, 0.25) is 0 Å². The summed E-state index contributed by atoms with van der Waals surface area (Å²) >= 11 is 3.48. The van der Waals surface area contributed by atoms with Crippen molar-refractivity contribution in [2.45, 2.75) is 51.0 Å². The highest BCUT2D eigenvalue weighted by molar-refractivity contribution is 9.08. The molecule has 0 bridgehead atoms. The minimum absolute atomic E-state index is 0.352. The highest BCUT2D eigenvalue weighted by Crippen LogP contribution is 2.33. The Balaban J connectivity index is 2.06. The molecule has 2 rings (SSSR count). The van der Waals surface area contributed by atoms with Gasteiger partial charge in [-0.3, -0.25) is 0 Å². The zero-order chi connectivity index (χ0) is 13.7. The van der Waals surface area contributed by atoms with E-state index in [2.05, 4.69) is 35.0 Å². The second kappa shape index (κ2) is 7.18. The minimum Gasteiger partial charge on any atom is -0.490 e. The van der Waals surface area contributed by atoms with Crippen LogP contribution in [0.4, 0.5) is 0 Å². The van der Waals surface area contributed by atoms with Gasteiger partial charge in [0.1, 0.15) is 0 Å². The Labute approximate surface area is 124 Å². The highest BCUT2D eigenvalue weighted by atomic mass is 79.9. The lowest BCUT2D eigenvalue weighted by Crippen LogP contribution is -2.23. The molecule has 0 heterocycles. The summed E-state index contributed by atoms with van der Waals surface area (Å²) in [5, 5.41) is 0.842. The van der Waals surface area contributed by atoms with Gasteiger partial charge in [0.15, 0.2) is 11.5 Å². The predicted octanol–water partition coefficient (Wildman–Crippen LogP) is 4.94. The molecule has 1 aromatic rings. The van der Waals surface area contributed by atoms with Crippen LogP contribution in [0.15, 0.2) is 18.2 Å². The number of ether oxygens (including phenoxy) is 2. The maximum atomic E-state index is 6.15. The molecule has 0 radical (unpaired) electrons. The molecule has 106 valence electrons. The fraction of sp³-hybridized carbons (Fsp3) is 0.625. The topological polar surface area (TPSA) is 18.5 Å². The van der Waals surface area contributed by atoms with Crippen LogP contribution in [-0.2, 0) is 5.33 Å². The molecular weight excluding hydrogens is 304 g/mol. The molecule has 1 saturated carbocycles. The molecule has 1 aromatic carbocycles. The Hall–Kier alpha value is -0.700. The van der Waals surface area contributed by atoms with Crippen LogP contribution in [0.1, 0.15) is 45.1 Å². The number of alkyl halides is 1. The molecule has 0 N–H and O–H groups in total. The third-order valence-corrected chi connectivity index (χ3v) is 4.37. The molecule has 1 aliphatic rings. The molecule has 0 spiro atoms. The van der Waals surface area contributed by atoms with Crippen molar-refractivity contribution in [3.63, 3.8) is 0 Å². The zero-order valence-electron chi connectivity index (χ0n) is 11.8. The van der Waals surface area contributed by atoms with Crippen molar-refractivity contribution in [3.05, 3.63) is 23.8 Å². The first kappa shape index (κ1) is 14.7. The normalized spacial score (nSPS) is 23.1. The fourth-order valence-electron chi connectivity index (χ4n) is 2.53. The summed E-state index contributed by atoms with van der Waals surface area (Å²) < 4.78 is 11.8. The van der Waals surface area contributed by atoms with E-state index < -0.39 is 0 Å². The predicted molar refractivity (Wildman–Crippen MR) is 82.3 cm³/mol. The average Bonchev–Trinajstić information content (AvgIpc) is 2.43. The lowest BCUT2D eigenvalue weighted by atomic mass is 9.89. The monoisotopic (exact) mass is 326 g/mol. The molecule has 1 fully saturated rings. The van der Waals surface area contributed by atoms with Crippen LogP contribution in [0.25, 0.3) is 0 Å². The van der Waals surface area contributed by atoms with E-state index in [0.717, 1.165) is 35.6 Å². The summed E-state index contributed by atoms with van der Waals surface area (Å²) in [6.45, 7) is 5.00. The van der Waals surface area contributed by atoms with Gasteiger partial charge >= 0.3 is 0 Å². The smallest absolute Gasteiger partial charge is 0.161 e. The molecule has 0 amide bonds. The summed E-state index contributed by atoms with van der Waals surface area (Å²) in [5.41, 5.74) is 1.22. The summed E-state index contributed by atoms with van der Waals surface area (Å²) in [6.07, 6.45) is 5.22. The zero-order valence-corrected chi connectivity index (χ0v) is 13.4. The van der Waals surface area contributed by atoms with Gasteiger partial charge in [0.2, 0.25) is 0 Å². The van der Waals surface area contributed by atoms with E-state index in [0.29, 0.717) is 12.7 Å². The molecule has 3 heteroatoms. The Kier molecular flexibility index (Phi) is 5.56. The SMILES string of the molecule is CCOc1cc(CBr)ccc1OC1CCC(C)CC1. The van der Waals surface area contributed by atoms with Crippen molar-refractivity contribution in [1.29, 1.82) is 0 Å². The second-order valence-corrected chi connectivity index (χ2v) is 5.91. The minimum atomic E-state index is 0.352. The van der Waals surface area contributed by atoms with Crippen molar-refractivity contribution >= 4 is 15.9 Å². The van der Waals surface area contributed by atoms with Gasteiger partial charge in [0.05, 0.1) is 12.7 Å². The van der Waals surface area contributed by atoms with Crippen molar-refractivity contribution in [1.82, 2.24) is 0 Å². The Morgan fingerprint density at radius 1 is 1.16 bits per heavy atom. The molecular formula is C16H23BrO2. The first-order valence-corrected chi connectivity index (χ1v) is 8.33. The number of halogens is 1. The van der Waals surface area contributed by atoms with Crippen LogP contribution >= 0.6 is 15.9 Å². The van der Waals surface area contributed by atoms with E-state index in [4.69, 9.17) is 9.47 Å². The van der Waals surface area contributed by atoms with Gasteiger partial charge in [-0.15, -0.1) is 0 Å². The third kappa shape index (κ3) is 4.13. The standard InChI is InChI=1S/C16H23BrO2/c1-3-18-16-10-13(11-17)6-9-15(16)19-14-7-4-12(2)5-8-14/h6,9-10,12,14H,3-5,7-8,11H2,1-2H3. The van der Waals surface area contributed by atoms with Crippen molar-refractivity contribution in [2.24, 2.45) is 5.92 Å². The van der Waals surface area contributed by atoms with Gasteiger partial charge in [-0.25, -0.2) is 0 Å². The quantitative estimate of drug-likeness (QED) is 0.713. The van der Waals surface area contributed by atoms with Gasteiger partial charge in [-0.05, 0) is 56.2 Å². The summed E-state index contributed by atoms with van der Waals surface area (Å²) in [6, 6.07) is 6.21. The van der Waals surface area contributed by atoms with Crippen LogP contribution in [-0.4, -0.2) is 12.7 Å². The Morgan fingerprint density at radius 2 is 1.89 bits per heavy atom. The molecule has 1 aliphatic carbocycles. The van der Waals surface area contributed by atoms with Crippen LogP contribution in [0.3, 0.4) is 0 Å². The van der Waals surface area contributed by atoms with Crippen LogP contribution in [0.5, 0.6) is 11.5 Å². The lowest BCUT2D eigenvalue weighted by molar-refractivity contribution is 0.130. The van der Waals surface area contributed by atoms with Crippen molar-refractivity contribution in [2.75, 3.05) is 6.61 Å². The number of hydrogen-bond donors (Lipinski definition) is 0. The maximum absolute atomic E-state index is 6.15. The van der Waals surface area contributed by atoms with E-state index in [1.165, 1.54) is 18.4 Å². The van der Waals surface area contributed by atoms with Crippen LogP contribution in [0, 0.1) is 5.92 Å². The van der Waals surface area contributed by atoms with E-state index in [-0.39, 0.29) is 0 Å². The Bertz CT molecular complexity index is 398. The molecule has 0 aliphatic heterocycles. The van der Waals surface area contributed by atoms with Gasteiger partial charge in [-0.1, -0.05) is 28.9 Å². The van der Waals surface area contributed by atoms with E-state index in [9.17, 15) is 0 Å². The molecule has 0 unspecified atom stereocenters. The number of hydrogen-bond acceptors (Lipinski definition) is 2. The number of benzene rings is 1. The van der Waals surface area contributed by atoms with Gasteiger partial charge in [0, 0.05) is 5.33 Å². The molecule has 0 saturated heterocycles. The van der Waals surface area contributed by atoms with Crippen molar-refractivity contribution in [3.8, 4) is 11.5 Å². The maximum Gasteiger partial charge on any atom is 0.161 e. The Morgan fingerprint density at radius 3 is 2.53 bits per heavy atom. The molecule has 2 nitrogen and oxygen atoms in total. The van der Waals surface area contributed by atoms with Gasteiger partial charge < -0.3 is 9.47 Å². The van der Waals surface area contributed by atoms with E-state index >= 15 is 0 Å². The first-order valence-electron chi connectivity index (χ1n) is 7.21. The largest absolute Gasteiger partial charge is 0.490 e. The highest BCUT2D eigenvalue weighted by Gasteiger charge is 2.20. The molecule has 0 aromatic heterocycles.